The number of carbonyl (C=O) groups excluding carboxylic acids is 1. The standard InChI is InChI=1S/C14H17NO3S/c1-10-4-6-18-13(10)14(17)15-8-12-7-11(9-19-12)3-2-5-16/h7,9-10,13,16H,4-6,8H2,1H3,(H,15,17). The largest absolute Gasteiger partial charge is 0.384 e. The van der Waals surface area contributed by atoms with Crippen LogP contribution in [0.15, 0.2) is 11.4 Å². The van der Waals surface area contributed by atoms with E-state index in [1.54, 1.807) is 11.3 Å². The maximum atomic E-state index is 11.9. The van der Waals surface area contributed by atoms with Gasteiger partial charge in [0.05, 0.1) is 6.54 Å². The Morgan fingerprint density at radius 2 is 2.53 bits per heavy atom. The molecule has 2 heterocycles. The minimum absolute atomic E-state index is 0.0404. The second kappa shape index (κ2) is 6.71. The van der Waals surface area contributed by atoms with Crippen LogP contribution >= 0.6 is 11.3 Å². The van der Waals surface area contributed by atoms with Gasteiger partial charge < -0.3 is 15.2 Å². The van der Waals surface area contributed by atoms with Gasteiger partial charge in [0.2, 0.25) is 5.91 Å². The highest BCUT2D eigenvalue weighted by molar-refractivity contribution is 7.10. The molecule has 0 saturated carbocycles. The monoisotopic (exact) mass is 279 g/mol. The first kappa shape index (κ1) is 14.1. The van der Waals surface area contributed by atoms with Gasteiger partial charge in [-0.2, -0.15) is 0 Å². The summed E-state index contributed by atoms with van der Waals surface area (Å²) in [5.74, 6) is 5.68. The Kier molecular flexibility index (Phi) is 4.97. The van der Waals surface area contributed by atoms with Crippen LogP contribution in [0.5, 0.6) is 0 Å². The van der Waals surface area contributed by atoms with Crippen LogP contribution in [0.1, 0.15) is 23.8 Å². The number of ether oxygens (including phenoxy) is 1. The van der Waals surface area contributed by atoms with Crippen LogP contribution in [-0.2, 0) is 16.1 Å². The number of aliphatic hydroxyl groups excluding tert-OH is 1. The maximum Gasteiger partial charge on any atom is 0.249 e. The number of carbonyl (C=O) groups is 1. The highest BCUT2D eigenvalue weighted by atomic mass is 32.1. The van der Waals surface area contributed by atoms with Gasteiger partial charge in [-0.25, -0.2) is 0 Å². The van der Waals surface area contributed by atoms with Crippen molar-refractivity contribution in [2.75, 3.05) is 13.2 Å². The van der Waals surface area contributed by atoms with Crippen LogP contribution in [0.4, 0.5) is 0 Å². The van der Waals surface area contributed by atoms with Crippen LogP contribution in [0.2, 0.25) is 0 Å². The van der Waals surface area contributed by atoms with E-state index < -0.39 is 0 Å². The number of amides is 1. The fourth-order valence-corrected chi connectivity index (χ4v) is 2.74. The molecule has 19 heavy (non-hydrogen) atoms. The van der Waals surface area contributed by atoms with E-state index in [2.05, 4.69) is 17.2 Å². The SMILES string of the molecule is CC1CCOC1C(=O)NCc1cc(C#CCO)cs1. The van der Waals surface area contributed by atoms with E-state index in [4.69, 9.17) is 9.84 Å². The average Bonchev–Trinajstić information content (AvgIpc) is 3.02. The zero-order valence-electron chi connectivity index (χ0n) is 10.8. The maximum absolute atomic E-state index is 11.9. The molecule has 2 N–H and O–H groups in total. The van der Waals surface area contributed by atoms with E-state index in [1.165, 1.54) is 0 Å². The molecule has 0 radical (unpaired) electrons. The van der Waals surface area contributed by atoms with Gasteiger partial charge in [-0.15, -0.1) is 11.3 Å². The van der Waals surface area contributed by atoms with Crippen molar-refractivity contribution >= 4 is 17.2 Å². The molecule has 1 fully saturated rings. The Balaban J connectivity index is 1.85. The third-order valence-electron chi connectivity index (χ3n) is 3.05. The number of aliphatic hydroxyl groups is 1. The molecule has 1 aromatic heterocycles. The van der Waals surface area contributed by atoms with E-state index in [-0.39, 0.29) is 24.5 Å². The summed E-state index contributed by atoms with van der Waals surface area (Å²) in [6.07, 6.45) is 0.631. The second-order valence-electron chi connectivity index (χ2n) is 4.54. The van der Waals surface area contributed by atoms with Gasteiger partial charge in [-0.3, -0.25) is 4.79 Å². The summed E-state index contributed by atoms with van der Waals surface area (Å²) in [7, 11) is 0. The van der Waals surface area contributed by atoms with E-state index in [9.17, 15) is 4.79 Å². The smallest absolute Gasteiger partial charge is 0.249 e. The van der Waals surface area contributed by atoms with E-state index in [0.717, 1.165) is 16.9 Å². The summed E-state index contributed by atoms with van der Waals surface area (Å²) in [4.78, 5) is 13.0. The lowest BCUT2D eigenvalue weighted by Crippen LogP contribution is -2.36. The molecule has 102 valence electrons. The molecule has 4 nitrogen and oxygen atoms in total. The van der Waals surface area contributed by atoms with Crippen molar-refractivity contribution in [2.45, 2.75) is 26.0 Å². The summed E-state index contributed by atoms with van der Waals surface area (Å²) in [6.45, 7) is 3.06. The van der Waals surface area contributed by atoms with Crippen molar-refractivity contribution in [3.05, 3.63) is 21.9 Å². The molecule has 2 unspecified atom stereocenters. The topological polar surface area (TPSA) is 58.6 Å². The number of nitrogens with one attached hydrogen (secondary N) is 1. The van der Waals surface area contributed by atoms with Gasteiger partial charge in [0.15, 0.2) is 0 Å². The number of hydrogen-bond donors (Lipinski definition) is 2. The van der Waals surface area contributed by atoms with Crippen LogP contribution in [0.3, 0.4) is 0 Å². The van der Waals surface area contributed by atoms with Crippen molar-refractivity contribution in [2.24, 2.45) is 5.92 Å². The first-order valence-electron chi connectivity index (χ1n) is 6.27. The minimum atomic E-state index is -0.311. The van der Waals surface area contributed by atoms with Gasteiger partial charge in [-0.05, 0) is 18.4 Å². The summed E-state index contributed by atoms with van der Waals surface area (Å²) in [5.41, 5.74) is 0.869. The lowest BCUT2D eigenvalue weighted by Gasteiger charge is -2.13. The Bertz CT molecular complexity index is 500. The van der Waals surface area contributed by atoms with Crippen molar-refractivity contribution in [1.29, 1.82) is 0 Å². The highest BCUT2D eigenvalue weighted by Gasteiger charge is 2.30. The van der Waals surface area contributed by atoms with Crippen molar-refractivity contribution in [1.82, 2.24) is 5.32 Å². The molecule has 1 aliphatic heterocycles. The normalized spacial score (nSPS) is 21.8. The summed E-state index contributed by atoms with van der Waals surface area (Å²) >= 11 is 1.55. The Hall–Kier alpha value is -1.35. The highest BCUT2D eigenvalue weighted by Crippen LogP contribution is 2.20. The Morgan fingerprint density at radius 1 is 1.68 bits per heavy atom. The first-order valence-corrected chi connectivity index (χ1v) is 7.15. The molecular weight excluding hydrogens is 262 g/mol. The predicted molar refractivity (Wildman–Crippen MR) is 73.7 cm³/mol. The third kappa shape index (κ3) is 3.80. The zero-order valence-corrected chi connectivity index (χ0v) is 11.6. The molecule has 5 heteroatoms. The Morgan fingerprint density at radius 3 is 3.21 bits per heavy atom. The van der Waals surface area contributed by atoms with Gasteiger partial charge in [0, 0.05) is 22.4 Å². The van der Waals surface area contributed by atoms with Crippen molar-refractivity contribution in [3.8, 4) is 11.8 Å². The molecule has 0 aromatic carbocycles. The van der Waals surface area contributed by atoms with Crippen LogP contribution < -0.4 is 5.32 Å². The molecule has 2 atom stereocenters. The molecular formula is C14H17NO3S. The summed E-state index contributed by atoms with van der Waals surface area (Å²) in [5, 5.41) is 13.4. The molecule has 0 aliphatic carbocycles. The van der Waals surface area contributed by atoms with Gasteiger partial charge in [0.1, 0.15) is 12.7 Å². The van der Waals surface area contributed by atoms with E-state index in [0.29, 0.717) is 13.2 Å². The second-order valence-corrected chi connectivity index (χ2v) is 5.53. The van der Waals surface area contributed by atoms with Crippen LogP contribution in [0, 0.1) is 17.8 Å². The van der Waals surface area contributed by atoms with E-state index >= 15 is 0 Å². The molecule has 0 bridgehead atoms. The molecule has 1 saturated heterocycles. The molecule has 1 aromatic rings. The van der Waals surface area contributed by atoms with Crippen molar-refractivity contribution in [3.63, 3.8) is 0 Å². The first-order chi connectivity index (χ1) is 9.20. The molecule has 2 rings (SSSR count). The lowest BCUT2D eigenvalue weighted by atomic mass is 10.0. The van der Waals surface area contributed by atoms with Crippen molar-refractivity contribution < 1.29 is 14.6 Å². The molecule has 1 aliphatic rings. The molecule has 0 spiro atoms. The molecule has 1 amide bonds. The summed E-state index contributed by atoms with van der Waals surface area (Å²) in [6, 6.07) is 1.92. The summed E-state index contributed by atoms with van der Waals surface area (Å²) < 4.78 is 5.41. The van der Waals surface area contributed by atoms with Gasteiger partial charge in [-0.1, -0.05) is 18.8 Å². The Labute approximate surface area is 116 Å². The average molecular weight is 279 g/mol. The van der Waals surface area contributed by atoms with Crippen LogP contribution in [-0.4, -0.2) is 30.3 Å². The lowest BCUT2D eigenvalue weighted by molar-refractivity contribution is -0.131. The quantitative estimate of drug-likeness (QED) is 0.816. The number of hydrogen-bond acceptors (Lipinski definition) is 4. The van der Waals surface area contributed by atoms with Crippen LogP contribution in [0.25, 0.3) is 0 Å². The predicted octanol–water partition coefficient (Wildman–Crippen LogP) is 1.13. The fraction of sp³-hybridized carbons (Fsp3) is 0.500. The zero-order chi connectivity index (χ0) is 13.7. The minimum Gasteiger partial charge on any atom is -0.384 e. The number of rotatable bonds is 3. The third-order valence-corrected chi connectivity index (χ3v) is 3.98. The van der Waals surface area contributed by atoms with Gasteiger partial charge >= 0.3 is 0 Å². The number of thiophene rings is 1. The fourth-order valence-electron chi connectivity index (χ4n) is 1.99. The van der Waals surface area contributed by atoms with E-state index in [1.807, 2.05) is 18.4 Å². The van der Waals surface area contributed by atoms with Gasteiger partial charge in [0.25, 0.3) is 0 Å².